The van der Waals surface area contributed by atoms with Crippen molar-refractivity contribution in [1.29, 1.82) is 0 Å². The molecule has 114 valence electrons. The summed E-state index contributed by atoms with van der Waals surface area (Å²) in [7, 11) is 0. The van der Waals surface area contributed by atoms with E-state index in [0.29, 0.717) is 16.3 Å². The number of carbonyl (C=O) groups is 2. The van der Waals surface area contributed by atoms with Crippen LogP contribution in [-0.2, 0) is 22.7 Å². The summed E-state index contributed by atoms with van der Waals surface area (Å²) in [6, 6.07) is 8.89. The number of primary amides is 1. The first kappa shape index (κ1) is 15.9. The highest BCUT2D eigenvalue weighted by Crippen LogP contribution is 2.16. The SMILES string of the molecule is NC(=O)C(=O)N(Cc1ccc(F)cc1)Cc1ncccc1Cl. The zero-order valence-electron chi connectivity index (χ0n) is 11.5. The van der Waals surface area contributed by atoms with Crippen LogP contribution in [0.2, 0.25) is 5.02 Å². The molecule has 0 bridgehead atoms. The van der Waals surface area contributed by atoms with E-state index in [0.717, 1.165) is 0 Å². The van der Waals surface area contributed by atoms with Crippen LogP contribution in [0.15, 0.2) is 42.6 Å². The summed E-state index contributed by atoms with van der Waals surface area (Å²) in [5.41, 5.74) is 6.16. The van der Waals surface area contributed by atoms with Gasteiger partial charge in [0.05, 0.1) is 17.3 Å². The lowest BCUT2D eigenvalue weighted by Gasteiger charge is -2.21. The van der Waals surface area contributed by atoms with Gasteiger partial charge in [0.25, 0.3) is 0 Å². The molecule has 0 fully saturated rings. The number of nitrogens with zero attached hydrogens (tertiary/aromatic N) is 2. The molecule has 0 aliphatic carbocycles. The van der Waals surface area contributed by atoms with Crippen molar-refractivity contribution in [2.24, 2.45) is 5.73 Å². The monoisotopic (exact) mass is 321 g/mol. The molecular weight excluding hydrogens is 309 g/mol. The predicted octanol–water partition coefficient (Wildman–Crippen LogP) is 1.89. The molecular formula is C15H13ClFN3O2. The van der Waals surface area contributed by atoms with Crippen LogP contribution in [-0.4, -0.2) is 21.7 Å². The van der Waals surface area contributed by atoms with Gasteiger partial charge >= 0.3 is 11.8 Å². The summed E-state index contributed by atoms with van der Waals surface area (Å²) in [4.78, 5) is 28.4. The van der Waals surface area contributed by atoms with Crippen molar-refractivity contribution in [3.05, 3.63) is 64.7 Å². The predicted molar refractivity (Wildman–Crippen MR) is 79.1 cm³/mol. The second kappa shape index (κ2) is 7.00. The van der Waals surface area contributed by atoms with E-state index >= 15 is 0 Å². The minimum Gasteiger partial charge on any atom is -0.361 e. The summed E-state index contributed by atoms with van der Waals surface area (Å²) in [5.74, 6) is -2.32. The van der Waals surface area contributed by atoms with Gasteiger partial charge in [-0.2, -0.15) is 0 Å². The highest BCUT2D eigenvalue weighted by Gasteiger charge is 2.21. The third-order valence-corrected chi connectivity index (χ3v) is 3.30. The normalized spacial score (nSPS) is 10.3. The van der Waals surface area contributed by atoms with Crippen LogP contribution >= 0.6 is 11.6 Å². The van der Waals surface area contributed by atoms with Gasteiger partial charge in [-0.3, -0.25) is 14.6 Å². The van der Waals surface area contributed by atoms with Crippen LogP contribution in [0.3, 0.4) is 0 Å². The minimum absolute atomic E-state index is 0.0266. The molecule has 0 saturated carbocycles. The molecule has 2 amide bonds. The molecule has 1 aromatic heterocycles. The topological polar surface area (TPSA) is 76.3 Å². The highest BCUT2D eigenvalue weighted by atomic mass is 35.5. The van der Waals surface area contributed by atoms with Gasteiger partial charge in [-0.1, -0.05) is 23.7 Å². The Morgan fingerprint density at radius 2 is 1.86 bits per heavy atom. The van der Waals surface area contributed by atoms with Gasteiger partial charge in [0.15, 0.2) is 0 Å². The zero-order chi connectivity index (χ0) is 16.1. The van der Waals surface area contributed by atoms with Crippen molar-refractivity contribution in [1.82, 2.24) is 9.88 Å². The lowest BCUT2D eigenvalue weighted by molar-refractivity contribution is -0.145. The fourth-order valence-corrected chi connectivity index (χ4v) is 2.06. The molecule has 1 heterocycles. The number of hydrogen-bond donors (Lipinski definition) is 1. The van der Waals surface area contributed by atoms with Crippen LogP contribution in [0.25, 0.3) is 0 Å². The summed E-state index contributed by atoms with van der Waals surface area (Å²) in [6.45, 7) is 0.119. The summed E-state index contributed by atoms with van der Waals surface area (Å²) in [6.07, 6.45) is 1.53. The number of hydrogen-bond acceptors (Lipinski definition) is 3. The lowest BCUT2D eigenvalue weighted by Crippen LogP contribution is -2.39. The van der Waals surface area contributed by atoms with E-state index in [1.807, 2.05) is 0 Å². The van der Waals surface area contributed by atoms with Crippen LogP contribution in [0.1, 0.15) is 11.3 Å². The molecule has 0 aliphatic rings. The maximum atomic E-state index is 12.9. The van der Waals surface area contributed by atoms with Crippen LogP contribution in [0.4, 0.5) is 4.39 Å². The number of halogens is 2. The van der Waals surface area contributed by atoms with E-state index in [2.05, 4.69) is 4.98 Å². The highest BCUT2D eigenvalue weighted by molar-refractivity contribution is 6.34. The molecule has 2 N–H and O–H groups in total. The van der Waals surface area contributed by atoms with Gasteiger partial charge in [-0.25, -0.2) is 4.39 Å². The van der Waals surface area contributed by atoms with Gasteiger partial charge in [0, 0.05) is 12.7 Å². The van der Waals surface area contributed by atoms with Gasteiger partial charge in [-0.15, -0.1) is 0 Å². The fourth-order valence-electron chi connectivity index (χ4n) is 1.88. The standard InChI is InChI=1S/C15H13ClFN3O2/c16-12-2-1-7-19-13(12)9-20(15(22)14(18)21)8-10-3-5-11(17)6-4-10/h1-7H,8-9H2,(H2,18,21). The summed E-state index contributed by atoms with van der Waals surface area (Å²) < 4.78 is 12.9. The van der Waals surface area contributed by atoms with Crippen molar-refractivity contribution < 1.29 is 14.0 Å². The number of aromatic nitrogens is 1. The molecule has 0 saturated heterocycles. The molecule has 5 nitrogen and oxygen atoms in total. The van der Waals surface area contributed by atoms with E-state index in [1.165, 1.54) is 35.4 Å². The van der Waals surface area contributed by atoms with Crippen molar-refractivity contribution in [2.75, 3.05) is 0 Å². The molecule has 1 aromatic carbocycles. The molecule has 0 radical (unpaired) electrons. The maximum absolute atomic E-state index is 12.9. The largest absolute Gasteiger partial charge is 0.361 e. The van der Waals surface area contributed by atoms with Crippen LogP contribution < -0.4 is 5.73 Å². The number of rotatable bonds is 4. The zero-order valence-corrected chi connectivity index (χ0v) is 12.3. The Bertz CT molecular complexity index is 691. The second-order valence-corrected chi connectivity index (χ2v) is 4.99. The third kappa shape index (κ3) is 4.02. The van der Waals surface area contributed by atoms with Crippen LogP contribution in [0, 0.1) is 5.82 Å². The fraction of sp³-hybridized carbons (Fsp3) is 0.133. The Labute approximate surface area is 131 Å². The van der Waals surface area contributed by atoms with Gasteiger partial charge in [0.1, 0.15) is 5.82 Å². The number of amides is 2. The van der Waals surface area contributed by atoms with E-state index in [1.54, 1.807) is 12.1 Å². The molecule has 2 aromatic rings. The number of nitrogens with two attached hydrogens (primary N) is 1. The molecule has 0 unspecified atom stereocenters. The summed E-state index contributed by atoms with van der Waals surface area (Å²) in [5, 5.41) is 0.379. The van der Waals surface area contributed by atoms with Gasteiger partial charge in [0.2, 0.25) is 0 Å². The first-order valence-corrected chi connectivity index (χ1v) is 6.77. The van der Waals surface area contributed by atoms with E-state index in [-0.39, 0.29) is 18.9 Å². The third-order valence-electron chi connectivity index (χ3n) is 2.96. The van der Waals surface area contributed by atoms with E-state index < -0.39 is 11.8 Å². The number of benzene rings is 1. The van der Waals surface area contributed by atoms with Crippen molar-refractivity contribution in [2.45, 2.75) is 13.1 Å². The number of pyridine rings is 1. The Morgan fingerprint density at radius 1 is 1.18 bits per heavy atom. The molecule has 22 heavy (non-hydrogen) atoms. The average Bonchev–Trinajstić information content (AvgIpc) is 2.50. The Balaban J connectivity index is 2.23. The molecule has 7 heteroatoms. The molecule has 2 rings (SSSR count). The van der Waals surface area contributed by atoms with Crippen molar-refractivity contribution >= 4 is 23.4 Å². The number of carbonyl (C=O) groups excluding carboxylic acids is 2. The Hall–Kier alpha value is -2.47. The van der Waals surface area contributed by atoms with Gasteiger partial charge < -0.3 is 10.6 Å². The minimum atomic E-state index is -1.07. The van der Waals surface area contributed by atoms with Crippen molar-refractivity contribution in [3.63, 3.8) is 0 Å². The van der Waals surface area contributed by atoms with Crippen LogP contribution in [0.5, 0.6) is 0 Å². The lowest BCUT2D eigenvalue weighted by atomic mass is 10.2. The second-order valence-electron chi connectivity index (χ2n) is 4.58. The van der Waals surface area contributed by atoms with E-state index in [9.17, 15) is 14.0 Å². The Morgan fingerprint density at radius 3 is 2.45 bits per heavy atom. The summed E-state index contributed by atoms with van der Waals surface area (Å²) >= 11 is 6.01. The maximum Gasteiger partial charge on any atom is 0.312 e. The van der Waals surface area contributed by atoms with Gasteiger partial charge in [-0.05, 0) is 29.8 Å². The van der Waals surface area contributed by atoms with E-state index in [4.69, 9.17) is 17.3 Å². The Kier molecular flexibility index (Phi) is 5.06. The smallest absolute Gasteiger partial charge is 0.312 e. The van der Waals surface area contributed by atoms with Crippen molar-refractivity contribution in [3.8, 4) is 0 Å². The first-order valence-electron chi connectivity index (χ1n) is 6.40. The average molecular weight is 322 g/mol. The quantitative estimate of drug-likeness (QED) is 0.874. The first-order chi connectivity index (χ1) is 10.5. The molecule has 0 atom stereocenters. The molecule has 0 aliphatic heterocycles. The molecule has 0 spiro atoms.